The van der Waals surface area contributed by atoms with Gasteiger partial charge in [0.1, 0.15) is 23.2 Å². The van der Waals surface area contributed by atoms with Crippen LogP contribution in [-0.4, -0.2) is 30.9 Å². The lowest BCUT2D eigenvalue weighted by Crippen LogP contribution is -2.52. The maximum atomic E-state index is 11.8. The molecule has 162 valence electrons. The van der Waals surface area contributed by atoms with Crippen molar-refractivity contribution in [2.24, 2.45) is 0 Å². The second-order valence-corrected chi connectivity index (χ2v) is 8.30. The third-order valence-corrected chi connectivity index (χ3v) is 5.02. The number of anilines is 1. The standard InChI is InChI=1S/C24H31NO5/c1-15(2)28-22-20-13-18(25-14-17-7-10-19(27-6)11-8-17)9-12-21(20)30-24(4,5)23(22)29-16(3)26/h7-13,15,22-23,25H,14H2,1-6H3. The van der Waals surface area contributed by atoms with E-state index in [4.69, 9.17) is 18.9 Å². The highest BCUT2D eigenvalue weighted by Gasteiger charge is 2.47. The average Bonchev–Trinajstić information content (AvgIpc) is 2.69. The van der Waals surface area contributed by atoms with Crippen molar-refractivity contribution in [3.63, 3.8) is 0 Å². The fraction of sp³-hybridized carbons (Fsp3) is 0.458. The minimum atomic E-state index is -0.712. The highest BCUT2D eigenvalue weighted by atomic mass is 16.6. The van der Waals surface area contributed by atoms with E-state index in [9.17, 15) is 4.79 Å². The quantitative estimate of drug-likeness (QED) is 0.653. The number of hydrogen-bond donors (Lipinski definition) is 1. The molecule has 2 unspecified atom stereocenters. The van der Waals surface area contributed by atoms with Crippen molar-refractivity contribution < 1.29 is 23.7 Å². The second kappa shape index (κ2) is 8.96. The van der Waals surface area contributed by atoms with Crippen molar-refractivity contribution in [3.8, 4) is 11.5 Å². The predicted octanol–water partition coefficient (Wildman–Crippen LogP) is 4.88. The van der Waals surface area contributed by atoms with Crippen LogP contribution in [0.2, 0.25) is 0 Å². The SMILES string of the molecule is COc1ccc(CNc2ccc3c(c2)C(OC(C)C)C(OC(C)=O)C(C)(C)O3)cc1. The number of methoxy groups -OCH3 is 1. The highest BCUT2D eigenvalue weighted by Crippen LogP contribution is 2.44. The number of nitrogens with one attached hydrogen (secondary N) is 1. The molecule has 0 aliphatic carbocycles. The first-order valence-corrected chi connectivity index (χ1v) is 10.2. The summed E-state index contributed by atoms with van der Waals surface area (Å²) in [4.78, 5) is 11.8. The lowest BCUT2D eigenvalue weighted by Gasteiger charge is -2.44. The maximum Gasteiger partial charge on any atom is 0.303 e. The van der Waals surface area contributed by atoms with E-state index in [2.05, 4.69) is 5.32 Å². The summed E-state index contributed by atoms with van der Waals surface area (Å²) in [5, 5.41) is 3.44. The lowest BCUT2D eigenvalue weighted by molar-refractivity contribution is -0.187. The van der Waals surface area contributed by atoms with E-state index < -0.39 is 17.8 Å². The normalized spacial score (nSPS) is 19.6. The van der Waals surface area contributed by atoms with Crippen LogP contribution in [0.1, 0.15) is 51.8 Å². The number of carbonyl (C=O) groups excluding carboxylic acids is 1. The Bertz CT molecular complexity index is 876. The van der Waals surface area contributed by atoms with Crippen LogP contribution < -0.4 is 14.8 Å². The van der Waals surface area contributed by atoms with Crippen molar-refractivity contribution in [2.45, 2.75) is 65.1 Å². The van der Waals surface area contributed by atoms with Crippen molar-refractivity contribution >= 4 is 11.7 Å². The molecule has 2 aromatic rings. The van der Waals surface area contributed by atoms with Crippen LogP contribution in [-0.2, 0) is 20.8 Å². The monoisotopic (exact) mass is 413 g/mol. The molecule has 0 spiro atoms. The first-order chi connectivity index (χ1) is 14.2. The maximum absolute atomic E-state index is 11.8. The van der Waals surface area contributed by atoms with Crippen molar-refractivity contribution in [2.75, 3.05) is 12.4 Å². The predicted molar refractivity (Wildman–Crippen MR) is 116 cm³/mol. The molecule has 1 aliphatic heterocycles. The zero-order chi connectivity index (χ0) is 21.9. The largest absolute Gasteiger partial charge is 0.497 e. The molecule has 0 saturated heterocycles. The number of carbonyl (C=O) groups is 1. The number of esters is 1. The fourth-order valence-electron chi connectivity index (χ4n) is 3.61. The molecule has 30 heavy (non-hydrogen) atoms. The molecule has 2 aromatic carbocycles. The summed E-state index contributed by atoms with van der Waals surface area (Å²) in [6.07, 6.45) is -1.01. The molecular weight excluding hydrogens is 382 g/mol. The molecule has 0 amide bonds. The summed E-state index contributed by atoms with van der Waals surface area (Å²) < 4.78 is 23.3. The van der Waals surface area contributed by atoms with Crippen LogP contribution >= 0.6 is 0 Å². The van der Waals surface area contributed by atoms with Gasteiger partial charge in [0.25, 0.3) is 0 Å². The molecule has 1 aliphatic rings. The first kappa shape index (κ1) is 22.0. The minimum absolute atomic E-state index is 0.0364. The summed E-state index contributed by atoms with van der Waals surface area (Å²) in [7, 11) is 1.66. The van der Waals surface area contributed by atoms with E-state index >= 15 is 0 Å². The Labute approximate surface area is 178 Å². The molecule has 0 fully saturated rings. The number of ether oxygens (including phenoxy) is 4. The average molecular weight is 414 g/mol. The van der Waals surface area contributed by atoms with Gasteiger partial charge in [-0.05, 0) is 63.6 Å². The second-order valence-electron chi connectivity index (χ2n) is 8.30. The summed E-state index contributed by atoms with van der Waals surface area (Å²) in [5.74, 6) is 1.22. The van der Waals surface area contributed by atoms with Gasteiger partial charge in [-0.25, -0.2) is 0 Å². The summed E-state index contributed by atoms with van der Waals surface area (Å²) in [5.41, 5.74) is 2.23. The van der Waals surface area contributed by atoms with Gasteiger partial charge in [0.05, 0.1) is 13.2 Å². The smallest absolute Gasteiger partial charge is 0.303 e. The van der Waals surface area contributed by atoms with Gasteiger partial charge in [0.2, 0.25) is 0 Å². The topological polar surface area (TPSA) is 66.0 Å². The molecule has 6 nitrogen and oxygen atoms in total. The molecule has 6 heteroatoms. The minimum Gasteiger partial charge on any atom is -0.497 e. The van der Waals surface area contributed by atoms with E-state index in [0.717, 1.165) is 28.3 Å². The van der Waals surface area contributed by atoms with Gasteiger partial charge in [-0.2, -0.15) is 0 Å². The molecular formula is C24H31NO5. The van der Waals surface area contributed by atoms with E-state index in [1.165, 1.54) is 6.92 Å². The van der Waals surface area contributed by atoms with Crippen LogP contribution in [0.15, 0.2) is 42.5 Å². The van der Waals surface area contributed by atoms with Gasteiger partial charge < -0.3 is 24.3 Å². The first-order valence-electron chi connectivity index (χ1n) is 10.2. The molecule has 2 atom stereocenters. The van der Waals surface area contributed by atoms with E-state index in [1.807, 2.05) is 70.2 Å². The summed E-state index contributed by atoms with van der Waals surface area (Å²) >= 11 is 0. The van der Waals surface area contributed by atoms with Crippen molar-refractivity contribution in [1.29, 1.82) is 0 Å². The van der Waals surface area contributed by atoms with Gasteiger partial charge in [-0.15, -0.1) is 0 Å². The van der Waals surface area contributed by atoms with Crippen LogP contribution in [0.25, 0.3) is 0 Å². The molecule has 0 radical (unpaired) electrons. The lowest BCUT2D eigenvalue weighted by atomic mass is 9.87. The van der Waals surface area contributed by atoms with E-state index in [0.29, 0.717) is 6.54 Å². The van der Waals surface area contributed by atoms with Crippen LogP contribution in [0.5, 0.6) is 11.5 Å². The van der Waals surface area contributed by atoms with Crippen molar-refractivity contribution in [1.82, 2.24) is 0 Å². The molecule has 0 bridgehead atoms. The Hall–Kier alpha value is -2.73. The molecule has 1 N–H and O–H groups in total. The van der Waals surface area contributed by atoms with Gasteiger partial charge >= 0.3 is 5.97 Å². The Balaban J connectivity index is 1.86. The van der Waals surface area contributed by atoms with Gasteiger partial charge in [-0.3, -0.25) is 4.79 Å². The van der Waals surface area contributed by atoms with Crippen molar-refractivity contribution in [3.05, 3.63) is 53.6 Å². The summed E-state index contributed by atoms with van der Waals surface area (Å²) in [6, 6.07) is 13.9. The molecule has 3 rings (SSSR count). The van der Waals surface area contributed by atoms with Crippen LogP contribution in [0.3, 0.4) is 0 Å². The zero-order valence-electron chi connectivity index (χ0n) is 18.5. The van der Waals surface area contributed by atoms with Gasteiger partial charge in [-0.1, -0.05) is 12.1 Å². The van der Waals surface area contributed by atoms with Gasteiger partial charge in [0.15, 0.2) is 6.10 Å². The van der Waals surface area contributed by atoms with Crippen LogP contribution in [0, 0.1) is 0 Å². The fourth-order valence-corrected chi connectivity index (χ4v) is 3.61. The third-order valence-electron chi connectivity index (χ3n) is 5.02. The summed E-state index contributed by atoms with van der Waals surface area (Å²) in [6.45, 7) is 9.84. The van der Waals surface area contributed by atoms with E-state index in [-0.39, 0.29) is 12.1 Å². The number of benzene rings is 2. The molecule has 1 heterocycles. The molecule has 0 aromatic heterocycles. The zero-order valence-corrected chi connectivity index (χ0v) is 18.5. The molecule has 0 saturated carbocycles. The Morgan fingerprint density at radius 2 is 1.87 bits per heavy atom. The number of rotatable bonds is 7. The number of fused-ring (bicyclic) bond motifs is 1. The van der Waals surface area contributed by atoms with Gasteiger partial charge in [0, 0.05) is 24.7 Å². The number of hydrogen-bond acceptors (Lipinski definition) is 6. The Kier molecular flexibility index (Phi) is 6.56. The highest BCUT2D eigenvalue weighted by molar-refractivity contribution is 5.66. The Morgan fingerprint density at radius 3 is 2.47 bits per heavy atom. The van der Waals surface area contributed by atoms with E-state index in [1.54, 1.807) is 7.11 Å². The van der Waals surface area contributed by atoms with Crippen LogP contribution in [0.4, 0.5) is 5.69 Å². The Morgan fingerprint density at radius 1 is 1.17 bits per heavy atom. The third kappa shape index (κ3) is 5.05.